The van der Waals surface area contributed by atoms with Crippen molar-refractivity contribution in [3.05, 3.63) is 70.8 Å². The zero-order valence-corrected chi connectivity index (χ0v) is 18.1. The lowest BCUT2D eigenvalue weighted by atomic mass is 9.93. The van der Waals surface area contributed by atoms with Gasteiger partial charge in [0.2, 0.25) is 0 Å². The van der Waals surface area contributed by atoms with Crippen LogP contribution in [0.25, 0.3) is 6.08 Å². The molecule has 2 aromatic rings. The third-order valence-corrected chi connectivity index (χ3v) is 4.75. The number of aliphatic hydroxyl groups excluding tert-OH is 2. The molecule has 184 valence electrons. The molecule has 0 bridgehead atoms. The molecule has 0 fully saturated rings. The van der Waals surface area contributed by atoms with Crippen LogP contribution in [-0.2, 0) is 18.8 Å². The molecule has 0 saturated heterocycles. The molecule has 0 amide bonds. The Kier molecular flexibility index (Phi) is 10.2. The maximum atomic E-state index is 13.5. The fraction of sp³-hybridized carbons (Fsp3) is 0.364. The molecule has 0 spiro atoms. The summed E-state index contributed by atoms with van der Waals surface area (Å²) < 4.78 is 83.8. The van der Waals surface area contributed by atoms with Gasteiger partial charge < -0.3 is 20.7 Å². The van der Waals surface area contributed by atoms with Crippen LogP contribution in [0.1, 0.15) is 28.7 Å². The lowest BCUT2D eigenvalue weighted by molar-refractivity contribution is -0.139. The average molecular weight is 500 g/mol. The first-order valence-electron chi connectivity index (χ1n) is 9.55. The summed E-state index contributed by atoms with van der Waals surface area (Å²) >= 11 is 0. The van der Waals surface area contributed by atoms with Crippen LogP contribution in [0.3, 0.4) is 0 Å². The van der Waals surface area contributed by atoms with Crippen LogP contribution in [0.15, 0.2) is 48.5 Å². The number of alkyl halides is 6. The van der Waals surface area contributed by atoms with Crippen molar-refractivity contribution in [3.63, 3.8) is 0 Å². The molecular formula is C22H24ClF6NO3. The van der Waals surface area contributed by atoms with Gasteiger partial charge in [-0.25, -0.2) is 0 Å². The molecule has 4 N–H and O–H groups in total. The first kappa shape index (κ1) is 28.8. The molecule has 0 aliphatic heterocycles. The van der Waals surface area contributed by atoms with Gasteiger partial charge in [-0.2, -0.15) is 26.3 Å². The van der Waals surface area contributed by atoms with E-state index in [1.165, 1.54) is 30.4 Å². The first-order valence-corrected chi connectivity index (χ1v) is 9.55. The standard InChI is InChI=1S/C22H23F6NO3.ClH/c23-21(24,25)17-5-1-3-15(11-17)4-2-10-32-19-7-6-16(12-18(19)22(26,27)28)8-9-20(29,13-30)14-31;/h1-7,11-12,30-31H,8-10,13-14,29H2;1H. The van der Waals surface area contributed by atoms with Crippen molar-refractivity contribution in [1.82, 2.24) is 0 Å². The summed E-state index contributed by atoms with van der Waals surface area (Å²) in [5, 5.41) is 18.4. The highest BCUT2D eigenvalue weighted by molar-refractivity contribution is 5.85. The largest absolute Gasteiger partial charge is 0.489 e. The van der Waals surface area contributed by atoms with Crippen LogP contribution in [-0.4, -0.2) is 35.6 Å². The summed E-state index contributed by atoms with van der Waals surface area (Å²) in [7, 11) is 0. The molecule has 2 rings (SSSR count). The third-order valence-electron chi connectivity index (χ3n) is 4.75. The fourth-order valence-corrected chi connectivity index (χ4v) is 2.82. The molecule has 33 heavy (non-hydrogen) atoms. The number of benzene rings is 2. The zero-order chi connectivity index (χ0) is 24.0. The van der Waals surface area contributed by atoms with E-state index in [1.54, 1.807) is 0 Å². The Bertz CT molecular complexity index is 927. The highest BCUT2D eigenvalue weighted by Gasteiger charge is 2.35. The second-order valence-corrected chi connectivity index (χ2v) is 7.34. The normalized spacial score (nSPS) is 12.6. The molecule has 0 aromatic heterocycles. The van der Waals surface area contributed by atoms with Crippen molar-refractivity contribution in [2.24, 2.45) is 5.73 Å². The Balaban J connectivity index is 0.00000544. The maximum Gasteiger partial charge on any atom is 0.419 e. The molecule has 0 aliphatic rings. The number of hydrogen-bond donors (Lipinski definition) is 3. The summed E-state index contributed by atoms with van der Waals surface area (Å²) in [6.45, 7) is -1.33. The van der Waals surface area contributed by atoms with Gasteiger partial charge in [0.1, 0.15) is 12.4 Å². The Hall–Kier alpha value is -2.27. The van der Waals surface area contributed by atoms with Gasteiger partial charge in [0.25, 0.3) is 0 Å². The van der Waals surface area contributed by atoms with E-state index in [1.807, 2.05) is 0 Å². The van der Waals surface area contributed by atoms with Crippen LogP contribution in [0.2, 0.25) is 0 Å². The molecule has 2 aromatic carbocycles. The Morgan fingerprint density at radius 1 is 0.909 bits per heavy atom. The van der Waals surface area contributed by atoms with Crippen molar-refractivity contribution in [3.8, 4) is 5.75 Å². The summed E-state index contributed by atoms with van der Waals surface area (Å²) in [4.78, 5) is 0. The first-order chi connectivity index (χ1) is 14.9. The molecule has 4 nitrogen and oxygen atoms in total. The summed E-state index contributed by atoms with van der Waals surface area (Å²) in [6, 6.07) is 7.96. The smallest absolute Gasteiger partial charge is 0.419 e. The molecule has 0 saturated carbocycles. The van der Waals surface area contributed by atoms with E-state index >= 15 is 0 Å². The summed E-state index contributed by atoms with van der Waals surface area (Å²) in [5.41, 5.74) is 3.11. The van der Waals surface area contributed by atoms with Gasteiger partial charge in [0, 0.05) is 0 Å². The zero-order valence-electron chi connectivity index (χ0n) is 17.3. The second-order valence-electron chi connectivity index (χ2n) is 7.34. The van der Waals surface area contributed by atoms with Crippen molar-refractivity contribution in [2.75, 3.05) is 19.8 Å². The van der Waals surface area contributed by atoms with Gasteiger partial charge in [0.05, 0.1) is 29.9 Å². The van der Waals surface area contributed by atoms with Crippen LogP contribution >= 0.6 is 12.4 Å². The van der Waals surface area contributed by atoms with E-state index in [0.717, 1.165) is 24.3 Å². The summed E-state index contributed by atoms with van der Waals surface area (Å²) in [6.07, 6.45) is -6.41. The third kappa shape index (κ3) is 8.54. The molecule has 0 heterocycles. The number of ether oxygens (including phenoxy) is 1. The topological polar surface area (TPSA) is 75.7 Å². The fourth-order valence-electron chi connectivity index (χ4n) is 2.82. The number of halogens is 7. The van der Waals surface area contributed by atoms with Gasteiger partial charge >= 0.3 is 12.4 Å². The van der Waals surface area contributed by atoms with Crippen LogP contribution in [0, 0.1) is 0 Å². The number of aliphatic hydroxyl groups is 2. The molecule has 11 heteroatoms. The van der Waals surface area contributed by atoms with Crippen LogP contribution in [0.5, 0.6) is 5.75 Å². The van der Waals surface area contributed by atoms with E-state index in [4.69, 9.17) is 10.5 Å². The second kappa shape index (κ2) is 11.7. The maximum absolute atomic E-state index is 13.5. The van der Waals surface area contributed by atoms with Crippen LogP contribution < -0.4 is 10.5 Å². The van der Waals surface area contributed by atoms with Crippen molar-refractivity contribution < 1.29 is 41.3 Å². The number of rotatable bonds is 9. The van der Waals surface area contributed by atoms with Crippen molar-refractivity contribution in [1.29, 1.82) is 0 Å². The molecule has 0 aliphatic carbocycles. The van der Waals surface area contributed by atoms with E-state index in [2.05, 4.69) is 0 Å². The van der Waals surface area contributed by atoms with E-state index in [9.17, 15) is 36.6 Å². The Morgan fingerprint density at radius 2 is 1.58 bits per heavy atom. The molecule has 0 radical (unpaired) electrons. The van der Waals surface area contributed by atoms with Crippen molar-refractivity contribution in [2.45, 2.75) is 30.7 Å². The lowest BCUT2D eigenvalue weighted by Crippen LogP contribution is -2.47. The van der Waals surface area contributed by atoms with Gasteiger partial charge in [-0.3, -0.25) is 0 Å². The quantitative estimate of drug-likeness (QED) is 0.431. The Labute approximate surface area is 193 Å². The predicted molar refractivity (Wildman–Crippen MR) is 114 cm³/mol. The van der Waals surface area contributed by atoms with Gasteiger partial charge in [-0.15, -0.1) is 12.4 Å². The number of aryl methyl sites for hydroxylation is 1. The molecule has 0 atom stereocenters. The number of nitrogens with two attached hydrogens (primary N) is 1. The lowest BCUT2D eigenvalue weighted by Gasteiger charge is -2.24. The van der Waals surface area contributed by atoms with Gasteiger partial charge in [-0.05, 0) is 54.3 Å². The molecule has 0 unspecified atom stereocenters. The van der Waals surface area contributed by atoms with Gasteiger partial charge in [-0.1, -0.05) is 24.3 Å². The van der Waals surface area contributed by atoms with Gasteiger partial charge in [0.15, 0.2) is 0 Å². The SMILES string of the molecule is Cl.NC(CO)(CO)CCc1ccc(OCC=Cc2cccc(C(F)(F)F)c2)c(C(F)(F)F)c1. The van der Waals surface area contributed by atoms with E-state index in [0.29, 0.717) is 5.56 Å². The minimum Gasteiger partial charge on any atom is -0.489 e. The predicted octanol–water partition coefficient (Wildman–Crippen LogP) is 4.85. The minimum absolute atomic E-state index is 0. The Morgan fingerprint density at radius 3 is 2.15 bits per heavy atom. The summed E-state index contributed by atoms with van der Waals surface area (Å²) in [5.74, 6) is -0.432. The van der Waals surface area contributed by atoms with Crippen LogP contribution in [0.4, 0.5) is 26.3 Å². The highest BCUT2D eigenvalue weighted by Crippen LogP contribution is 2.37. The monoisotopic (exact) mass is 499 g/mol. The average Bonchev–Trinajstić information content (AvgIpc) is 2.74. The van der Waals surface area contributed by atoms with Crippen molar-refractivity contribution >= 4 is 18.5 Å². The van der Waals surface area contributed by atoms with E-state index in [-0.39, 0.29) is 37.4 Å². The molecular weight excluding hydrogens is 476 g/mol. The number of hydrogen-bond acceptors (Lipinski definition) is 4. The van der Waals surface area contributed by atoms with E-state index < -0.39 is 48.0 Å². The minimum atomic E-state index is -4.70. The highest BCUT2D eigenvalue weighted by atomic mass is 35.5.